The van der Waals surface area contributed by atoms with Crippen molar-refractivity contribution in [3.63, 3.8) is 0 Å². The fourth-order valence-electron chi connectivity index (χ4n) is 9.75. The number of amides is 5. The second kappa shape index (κ2) is 19.0. The molecular formula is C48H57N13O6S. The highest BCUT2D eigenvalue weighted by atomic mass is 32.1. The average Bonchev–Trinajstić information content (AvgIpc) is 4.03. The number of fused-ring (bicyclic) bond motifs is 2. The molecule has 2 bridgehead atoms. The number of aryl methyl sites for hydroxylation is 1. The molecule has 0 radical (unpaired) electrons. The molecule has 7 heterocycles. The SMILES string of the molecule is Cc1ncsc1-c1ccc(CNC(=O)[C@@H]2C[C@@H](O)CN2C(=O)[C@@H](NC(=O)N2CCN(C(=O)c3cnc(N4C5CCC4CN(c4cc(-c6ccccc6O)nnc4N)C5)nc3)CC2)C(C)(C)C)cc1. The zero-order valence-electron chi connectivity index (χ0n) is 38.6. The second-order valence-electron chi connectivity index (χ2n) is 19.1. The molecule has 356 valence electrons. The number of carbonyl (C=O) groups is 4. The zero-order valence-corrected chi connectivity index (χ0v) is 39.4. The van der Waals surface area contributed by atoms with Crippen LogP contribution in [0.5, 0.6) is 5.75 Å². The number of nitrogen functional groups attached to an aromatic ring is 1. The minimum absolute atomic E-state index is 0.0328. The molecule has 2 aromatic carbocycles. The number of aliphatic hydroxyl groups excluding tert-OH is 1. The molecule has 5 atom stereocenters. The van der Waals surface area contributed by atoms with Crippen molar-refractivity contribution in [3.8, 4) is 27.4 Å². The number of carbonyl (C=O) groups excluding carboxylic acids is 4. The standard InChI is InChI=1S/C48H57N13O6S/c1-28-40(68-27-53-28)30-11-9-29(10-12-30)21-50-43(64)38-19-34(62)26-60(38)45(66)41(48(2,3)4)54-47(67)58-17-15-57(16-18-58)44(65)31-22-51-46(52-23-31)61-32-13-14-33(61)25-59(24-32)37-20-36(55-56-42(37)49)35-7-5-6-8-39(35)63/h5-12,20,22-23,27,32-34,38,41,62-63H,13-19,21,24-26H2,1-4H3,(H2,49,56)(H,50,64)(H,54,67)/t32?,33?,34-,38+,41-/m1/s1. The number of aromatic nitrogens is 5. The highest BCUT2D eigenvalue weighted by Gasteiger charge is 2.46. The van der Waals surface area contributed by atoms with Crippen molar-refractivity contribution in [3.05, 3.63) is 89.3 Å². The Kier molecular flexibility index (Phi) is 12.9. The van der Waals surface area contributed by atoms with Gasteiger partial charge in [0.25, 0.3) is 5.91 Å². The average molecular weight is 944 g/mol. The van der Waals surface area contributed by atoms with Gasteiger partial charge in [-0.05, 0) is 54.5 Å². The highest BCUT2D eigenvalue weighted by Crippen LogP contribution is 2.38. The van der Waals surface area contributed by atoms with Gasteiger partial charge in [-0.3, -0.25) is 14.4 Å². The molecule has 4 aliphatic rings. The number of para-hydroxylation sites is 1. The summed E-state index contributed by atoms with van der Waals surface area (Å²) in [6.07, 6.45) is 4.17. The number of likely N-dealkylation sites (tertiary alicyclic amines) is 1. The van der Waals surface area contributed by atoms with E-state index >= 15 is 0 Å². The van der Waals surface area contributed by atoms with Gasteiger partial charge in [-0.15, -0.1) is 21.5 Å². The summed E-state index contributed by atoms with van der Waals surface area (Å²) in [4.78, 5) is 79.1. The summed E-state index contributed by atoms with van der Waals surface area (Å²) >= 11 is 1.57. The summed E-state index contributed by atoms with van der Waals surface area (Å²) in [6, 6.07) is 14.6. The molecule has 0 spiro atoms. The Balaban J connectivity index is 0.774. The summed E-state index contributed by atoms with van der Waals surface area (Å²) in [5, 5.41) is 35.4. The first-order valence-corrected chi connectivity index (χ1v) is 23.9. The van der Waals surface area contributed by atoms with E-state index in [1.165, 1.54) is 4.90 Å². The number of anilines is 3. The molecule has 0 aliphatic carbocycles. The molecule has 6 N–H and O–H groups in total. The van der Waals surface area contributed by atoms with E-state index < -0.39 is 35.5 Å². The lowest BCUT2D eigenvalue weighted by atomic mass is 9.85. The van der Waals surface area contributed by atoms with Crippen molar-refractivity contribution < 1.29 is 29.4 Å². The van der Waals surface area contributed by atoms with Crippen molar-refractivity contribution in [2.45, 2.75) is 83.8 Å². The van der Waals surface area contributed by atoms with E-state index in [1.807, 2.05) is 69.6 Å². The van der Waals surface area contributed by atoms with Gasteiger partial charge in [-0.2, -0.15) is 0 Å². The Morgan fingerprint density at radius 2 is 1.57 bits per heavy atom. The monoisotopic (exact) mass is 943 g/mol. The van der Waals surface area contributed by atoms with E-state index in [1.54, 1.807) is 51.7 Å². The minimum atomic E-state index is -0.999. The number of hydrogen-bond donors (Lipinski definition) is 5. The number of piperazine rings is 2. The van der Waals surface area contributed by atoms with Crippen LogP contribution in [0.1, 0.15) is 61.6 Å². The number of aliphatic hydroxyl groups is 1. The molecule has 4 aliphatic heterocycles. The molecule has 5 aromatic rings. The number of phenolic OH excluding ortho intramolecular Hbond substituents is 1. The molecule has 9 rings (SSSR count). The largest absolute Gasteiger partial charge is 0.507 e. The van der Waals surface area contributed by atoms with Crippen molar-refractivity contribution in [1.82, 2.24) is 50.5 Å². The predicted molar refractivity (Wildman–Crippen MR) is 257 cm³/mol. The van der Waals surface area contributed by atoms with Gasteiger partial charge in [0, 0.05) is 88.8 Å². The number of β-amino-alcohol motifs (C(OH)–C–C–N with tert-alkyl or cyclic N) is 1. The Hall–Kier alpha value is -6.93. The molecule has 68 heavy (non-hydrogen) atoms. The normalized spacial score (nSPS) is 20.9. The van der Waals surface area contributed by atoms with E-state index in [0.29, 0.717) is 41.7 Å². The van der Waals surface area contributed by atoms with Gasteiger partial charge in [0.05, 0.1) is 39.1 Å². The molecule has 4 saturated heterocycles. The van der Waals surface area contributed by atoms with Crippen LogP contribution < -0.4 is 26.2 Å². The maximum Gasteiger partial charge on any atom is 0.318 e. The first-order valence-electron chi connectivity index (χ1n) is 23.0. The van der Waals surface area contributed by atoms with Gasteiger partial charge >= 0.3 is 6.03 Å². The van der Waals surface area contributed by atoms with Crippen LogP contribution in [-0.4, -0.2) is 150 Å². The number of phenols is 1. The van der Waals surface area contributed by atoms with Gasteiger partial charge in [0.15, 0.2) is 5.82 Å². The third-order valence-electron chi connectivity index (χ3n) is 13.4. The Bertz CT molecular complexity index is 2660. The smallest absolute Gasteiger partial charge is 0.318 e. The summed E-state index contributed by atoms with van der Waals surface area (Å²) in [5.74, 6) is -0.0948. The maximum absolute atomic E-state index is 14.2. The molecule has 20 heteroatoms. The molecule has 2 unspecified atom stereocenters. The first kappa shape index (κ1) is 46.2. The van der Waals surface area contributed by atoms with Crippen molar-refractivity contribution in [2.24, 2.45) is 5.41 Å². The minimum Gasteiger partial charge on any atom is -0.507 e. The van der Waals surface area contributed by atoms with Crippen LogP contribution >= 0.6 is 11.3 Å². The molecule has 5 amide bonds. The second-order valence-corrected chi connectivity index (χ2v) is 19.9. The molecule has 4 fully saturated rings. The Labute approximate surface area is 398 Å². The van der Waals surface area contributed by atoms with E-state index in [-0.39, 0.29) is 75.3 Å². The number of thiazole rings is 1. The van der Waals surface area contributed by atoms with Crippen LogP contribution in [-0.2, 0) is 16.1 Å². The topological polar surface area (TPSA) is 239 Å². The van der Waals surface area contributed by atoms with Crippen LogP contribution in [0.25, 0.3) is 21.7 Å². The number of nitrogens with one attached hydrogen (secondary N) is 2. The quantitative estimate of drug-likeness (QED) is 0.134. The number of urea groups is 1. The number of benzene rings is 2. The summed E-state index contributed by atoms with van der Waals surface area (Å²) < 4.78 is 0. The Morgan fingerprint density at radius 1 is 0.897 bits per heavy atom. The van der Waals surface area contributed by atoms with Crippen molar-refractivity contribution in [1.29, 1.82) is 0 Å². The predicted octanol–water partition coefficient (Wildman–Crippen LogP) is 3.67. The molecule has 19 nitrogen and oxygen atoms in total. The summed E-state index contributed by atoms with van der Waals surface area (Å²) in [6.45, 7) is 10.0. The highest BCUT2D eigenvalue weighted by molar-refractivity contribution is 7.13. The van der Waals surface area contributed by atoms with E-state index in [4.69, 9.17) is 5.73 Å². The molecular weight excluding hydrogens is 887 g/mol. The van der Waals surface area contributed by atoms with E-state index in [9.17, 15) is 29.4 Å². The Morgan fingerprint density at radius 3 is 2.22 bits per heavy atom. The van der Waals surface area contributed by atoms with Gasteiger partial charge in [0.1, 0.15) is 17.8 Å². The van der Waals surface area contributed by atoms with Gasteiger partial charge in [-0.25, -0.2) is 19.7 Å². The van der Waals surface area contributed by atoms with Crippen LogP contribution in [0.15, 0.2) is 72.5 Å². The van der Waals surface area contributed by atoms with Crippen molar-refractivity contribution >= 4 is 52.5 Å². The van der Waals surface area contributed by atoms with E-state index in [2.05, 4.69) is 45.6 Å². The molecule has 3 aromatic heterocycles. The summed E-state index contributed by atoms with van der Waals surface area (Å²) in [7, 11) is 0. The number of aromatic hydroxyl groups is 1. The van der Waals surface area contributed by atoms with Crippen LogP contribution in [0.3, 0.4) is 0 Å². The lowest BCUT2D eigenvalue weighted by molar-refractivity contribution is -0.142. The third kappa shape index (κ3) is 9.46. The van der Waals surface area contributed by atoms with Crippen LogP contribution in [0.4, 0.5) is 22.2 Å². The summed E-state index contributed by atoms with van der Waals surface area (Å²) in [5.41, 5.74) is 12.5. The fourth-order valence-corrected chi connectivity index (χ4v) is 10.6. The van der Waals surface area contributed by atoms with Gasteiger partial charge in [0.2, 0.25) is 17.8 Å². The fraction of sp³-hybridized carbons (Fsp3) is 0.438. The number of nitrogens with two attached hydrogens (primary N) is 1. The van der Waals surface area contributed by atoms with Gasteiger partial charge in [-0.1, -0.05) is 57.2 Å². The lowest BCUT2D eigenvalue weighted by Crippen LogP contribution is -2.61. The third-order valence-corrected chi connectivity index (χ3v) is 14.4. The van der Waals surface area contributed by atoms with Crippen LogP contribution in [0.2, 0.25) is 0 Å². The molecule has 0 saturated carbocycles. The maximum atomic E-state index is 14.2. The number of hydrogen-bond acceptors (Lipinski definition) is 15. The van der Waals surface area contributed by atoms with Crippen molar-refractivity contribution in [2.75, 3.05) is 61.3 Å². The lowest BCUT2D eigenvalue weighted by Gasteiger charge is -2.42. The van der Waals surface area contributed by atoms with Crippen LogP contribution in [0, 0.1) is 12.3 Å². The zero-order chi connectivity index (χ0) is 47.9. The number of rotatable bonds is 10. The van der Waals surface area contributed by atoms with Gasteiger partial charge < -0.3 is 51.1 Å². The number of nitrogens with zero attached hydrogens (tertiary/aromatic N) is 10. The first-order chi connectivity index (χ1) is 32.6. The van der Waals surface area contributed by atoms with E-state index in [0.717, 1.165) is 40.2 Å².